The van der Waals surface area contributed by atoms with Gasteiger partial charge >= 0.3 is 0 Å². The minimum Gasteiger partial charge on any atom is -0.208 e. The van der Waals surface area contributed by atoms with Gasteiger partial charge in [0, 0.05) is 23.6 Å². The van der Waals surface area contributed by atoms with Crippen molar-refractivity contribution in [2.75, 3.05) is 0 Å². The summed E-state index contributed by atoms with van der Waals surface area (Å²) >= 11 is 0. The Morgan fingerprint density at radius 1 is 0.667 bits per heavy atom. The molecule has 1 heterocycles. The highest BCUT2D eigenvalue weighted by Gasteiger charge is 2.14. The maximum Gasteiger partial charge on any atom is 0.211 e. The fourth-order valence-corrected chi connectivity index (χ4v) is 2.47. The van der Waals surface area contributed by atoms with E-state index in [2.05, 4.69) is 85.6 Å². The first kappa shape index (κ1) is 13.6. The van der Waals surface area contributed by atoms with Gasteiger partial charge in [0.05, 0.1) is 0 Å². The number of aromatic nitrogens is 1. The molecular weight excluding hydrogens is 254 g/mol. The van der Waals surface area contributed by atoms with Crippen LogP contribution in [-0.2, 0) is 0 Å². The number of hydrogen-bond donors (Lipinski definition) is 0. The molecule has 0 aliphatic rings. The first-order chi connectivity index (χ1) is 10.2. The van der Waals surface area contributed by atoms with Crippen LogP contribution in [0.2, 0.25) is 0 Å². The van der Waals surface area contributed by atoms with Crippen molar-refractivity contribution in [2.24, 2.45) is 0 Å². The number of benzene rings is 2. The van der Waals surface area contributed by atoms with Crippen LogP contribution in [-0.4, -0.2) is 0 Å². The van der Waals surface area contributed by atoms with E-state index in [1.807, 2.05) is 6.07 Å². The van der Waals surface area contributed by atoms with Gasteiger partial charge in [-0.3, -0.25) is 0 Å². The monoisotopic (exact) mass is 274 g/mol. The van der Waals surface area contributed by atoms with Crippen LogP contribution in [0.15, 0.2) is 72.8 Å². The smallest absolute Gasteiger partial charge is 0.208 e. The van der Waals surface area contributed by atoms with Gasteiger partial charge in [-0.25, -0.2) is 4.98 Å². The fraction of sp³-hybridized carbons (Fsp3) is 0.150. The lowest BCUT2D eigenvalue weighted by Crippen LogP contribution is -2.16. The molecule has 3 rings (SSSR count). The summed E-state index contributed by atoms with van der Waals surface area (Å²) in [5.41, 5.74) is 6.16. The summed E-state index contributed by atoms with van der Waals surface area (Å²) in [4.78, 5) is 3.57. The normalized spacial score (nSPS) is 10.8. The lowest BCUT2D eigenvalue weighted by molar-refractivity contribution is -0.379. The Morgan fingerprint density at radius 2 is 1.24 bits per heavy atom. The number of nitrogens with one attached hydrogen (secondary N) is 1. The SMILES string of the molecule is CC(C)c1cc(-c2ccccc2)cc(-c2ccccc2)[nH+]1. The van der Waals surface area contributed by atoms with Crippen molar-refractivity contribution in [3.8, 4) is 22.4 Å². The molecule has 0 fully saturated rings. The van der Waals surface area contributed by atoms with E-state index in [0.717, 1.165) is 0 Å². The van der Waals surface area contributed by atoms with Gasteiger partial charge < -0.3 is 0 Å². The number of aromatic amines is 1. The molecule has 21 heavy (non-hydrogen) atoms. The van der Waals surface area contributed by atoms with E-state index < -0.39 is 0 Å². The molecule has 0 atom stereocenters. The average Bonchev–Trinajstić information content (AvgIpc) is 2.56. The maximum absolute atomic E-state index is 3.57. The van der Waals surface area contributed by atoms with Gasteiger partial charge in [-0.1, -0.05) is 62.4 Å². The lowest BCUT2D eigenvalue weighted by atomic mass is 9.99. The first-order valence-electron chi connectivity index (χ1n) is 7.42. The summed E-state index contributed by atoms with van der Waals surface area (Å²) in [6.07, 6.45) is 0. The first-order valence-corrected chi connectivity index (χ1v) is 7.42. The molecular formula is C20H20N+. The van der Waals surface area contributed by atoms with Crippen molar-refractivity contribution in [1.29, 1.82) is 0 Å². The second-order valence-corrected chi connectivity index (χ2v) is 5.62. The van der Waals surface area contributed by atoms with Crippen LogP contribution in [0.25, 0.3) is 22.4 Å². The predicted octanol–water partition coefficient (Wildman–Crippen LogP) is 4.96. The summed E-state index contributed by atoms with van der Waals surface area (Å²) in [7, 11) is 0. The van der Waals surface area contributed by atoms with Crippen molar-refractivity contribution in [3.05, 3.63) is 78.5 Å². The van der Waals surface area contributed by atoms with Crippen LogP contribution >= 0.6 is 0 Å². The van der Waals surface area contributed by atoms with Gasteiger partial charge in [0.1, 0.15) is 0 Å². The van der Waals surface area contributed by atoms with E-state index in [9.17, 15) is 0 Å². The van der Waals surface area contributed by atoms with Crippen LogP contribution in [0.3, 0.4) is 0 Å². The molecule has 1 heteroatoms. The number of pyridine rings is 1. The highest BCUT2D eigenvalue weighted by Crippen LogP contribution is 2.25. The molecule has 2 aromatic carbocycles. The largest absolute Gasteiger partial charge is 0.211 e. The van der Waals surface area contributed by atoms with Crippen molar-refractivity contribution in [2.45, 2.75) is 19.8 Å². The molecule has 0 saturated heterocycles. The lowest BCUT2D eigenvalue weighted by Gasteiger charge is -2.06. The van der Waals surface area contributed by atoms with E-state index in [0.29, 0.717) is 5.92 Å². The third-order valence-corrected chi connectivity index (χ3v) is 3.70. The van der Waals surface area contributed by atoms with Gasteiger partial charge in [0.2, 0.25) is 5.69 Å². The van der Waals surface area contributed by atoms with E-state index >= 15 is 0 Å². The molecule has 0 amide bonds. The third-order valence-electron chi connectivity index (χ3n) is 3.70. The summed E-state index contributed by atoms with van der Waals surface area (Å²) in [5, 5.41) is 0. The highest BCUT2D eigenvalue weighted by molar-refractivity contribution is 5.69. The summed E-state index contributed by atoms with van der Waals surface area (Å²) < 4.78 is 0. The molecule has 0 spiro atoms. The van der Waals surface area contributed by atoms with Crippen LogP contribution in [0.4, 0.5) is 0 Å². The maximum atomic E-state index is 3.57. The Labute approximate surface area is 126 Å². The Morgan fingerprint density at radius 3 is 1.81 bits per heavy atom. The second kappa shape index (κ2) is 5.92. The molecule has 0 aliphatic heterocycles. The standard InChI is InChI=1S/C20H19N/c1-15(2)19-13-18(16-9-5-3-6-10-16)14-20(21-19)17-11-7-4-8-12-17/h3-15H,1-2H3/p+1. The quantitative estimate of drug-likeness (QED) is 0.641. The van der Waals surface area contributed by atoms with E-state index in [1.54, 1.807) is 0 Å². The highest BCUT2D eigenvalue weighted by atomic mass is 14.7. The average molecular weight is 274 g/mol. The summed E-state index contributed by atoms with van der Waals surface area (Å²) in [6.45, 7) is 4.44. The van der Waals surface area contributed by atoms with Crippen molar-refractivity contribution >= 4 is 0 Å². The van der Waals surface area contributed by atoms with Crippen molar-refractivity contribution in [3.63, 3.8) is 0 Å². The van der Waals surface area contributed by atoms with Gasteiger partial charge in [0.15, 0.2) is 5.69 Å². The molecule has 0 saturated carbocycles. The zero-order valence-corrected chi connectivity index (χ0v) is 12.5. The van der Waals surface area contributed by atoms with Gasteiger partial charge in [0.25, 0.3) is 0 Å². The molecule has 0 aliphatic carbocycles. The Kier molecular flexibility index (Phi) is 3.83. The fourth-order valence-electron chi connectivity index (χ4n) is 2.47. The van der Waals surface area contributed by atoms with Gasteiger partial charge in [-0.2, -0.15) is 0 Å². The summed E-state index contributed by atoms with van der Waals surface area (Å²) in [5.74, 6) is 0.469. The topological polar surface area (TPSA) is 14.1 Å². The van der Waals surface area contributed by atoms with Crippen molar-refractivity contribution < 1.29 is 4.98 Å². The molecule has 1 N–H and O–H groups in total. The molecule has 104 valence electrons. The zero-order chi connectivity index (χ0) is 14.7. The predicted molar refractivity (Wildman–Crippen MR) is 88.0 cm³/mol. The number of H-pyrrole nitrogens is 1. The Bertz CT molecular complexity index is 658. The summed E-state index contributed by atoms with van der Waals surface area (Å²) in [6, 6.07) is 25.5. The second-order valence-electron chi connectivity index (χ2n) is 5.62. The Hall–Kier alpha value is -2.41. The van der Waals surface area contributed by atoms with Gasteiger partial charge in [-0.05, 0) is 23.3 Å². The van der Waals surface area contributed by atoms with E-state index in [1.165, 1.54) is 28.1 Å². The van der Waals surface area contributed by atoms with Gasteiger partial charge in [-0.15, -0.1) is 0 Å². The van der Waals surface area contributed by atoms with Crippen LogP contribution in [0, 0.1) is 0 Å². The third kappa shape index (κ3) is 3.03. The molecule has 1 aromatic heterocycles. The zero-order valence-electron chi connectivity index (χ0n) is 12.5. The molecule has 1 nitrogen and oxygen atoms in total. The van der Waals surface area contributed by atoms with Crippen molar-refractivity contribution in [1.82, 2.24) is 0 Å². The van der Waals surface area contributed by atoms with E-state index in [4.69, 9.17) is 0 Å². The van der Waals surface area contributed by atoms with E-state index in [-0.39, 0.29) is 0 Å². The molecule has 0 bridgehead atoms. The molecule has 3 aromatic rings. The molecule has 0 radical (unpaired) electrons. The number of hydrogen-bond acceptors (Lipinski definition) is 0. The van der Waals surface area contributed by atoms with Crippen LogP contribution in [0.5, 0.6) is 0 Å². The minimum atomic E-state index is 0.469. The minimum absolute atomic E-state index is 0.469. The molecule has 0 unspecified atom stereocenters. The Balaban J connectivity index is 2.16. The van der Waals surface area contributed by atoms with Crippen LogP contribution in [0.1, 0.15) is 25.5 Å². The number of rotatable bonds is 3. The van der Waals surface area contributed by atoms with Crippen LogP contribution < -0.4 is 4.98 Å².